The lowest BCUT2D eigenvalue weighted by molar-refractivity contribution is -0.140. The summed E-state index contributed by atoms with van der Waals surface area (Å²) in [5.74, 6) is -0.113. The molecule has 0 aliphatic carbocycles. The van der Waals surface area contributed by atoms with Crippen molar-refractivity contribution >= 4 is 5.91 Å². The van der Waals surface area contributed by atoms with Crippen LogP contribution in [0.25, 0.3) is 0 Å². The molecule has 1 aliphatic rings. The maximum atomic E-state index is 12.3. The molecule has 0 bridgehead atoms. The topological polar surface area (TPSA) is 61.8 Å². The van der Waals surface area contributed by atoms with Gasteiger partial charge in [-0.3, -0.25) is 4.79 Å². The summed E-state index contributed by atoms with van der Waals surface area (Å²) in [6.07, 6.45) is 0. The molecule has 1 saturated heterocycles. The number of nitrogens with one attached hydrogen (secondary N) is 1. The number of ether oxygens (including phenoxy) is 1. The molecule has 0 aromatic rings. The first-order valence-corrected chi connectivity index (χ1v) is 6.13. The van der Waals surface area contributed by atoms with Crippen molar-refractivity contribution in [2.24, 2.45) is 5.92 Å². The van der Waals surface area contributed by atoms with E-state index >= 15 is 0 Å². The minimum absolute atomic E-state index is 0.0347. The zero-order valence-corrected chi connectivity index (χ0v) is 11.2. The number of nitrogens with zero attached hydrogens (tertiary/aromatic N) is 1. The Balaban J connectivity index is 2.68. The molecule has 0 aromatic carbocycles. The number of hydrogen-bond acceptors (Lipinski definition) is 4. The Labute approximate surface area is 103 Å². The van der Waals surface area contributed by atoms with Crippen LogP contribution < -0.4 is 5.32 Å². The van der Waals surface area contributed by atoms with Crippen LogP contribution >= 0.6 is 0 Å². The third-order valence-corrected chi connectivity index (χ3v) is 3.49. The first kappa shape index (κ1) is 14.4. The number of carbonyl (C=O) groups excluding carboxylic acids is 1. The molecule has 2 unspecified atom stereocenters. The Morgan fingerprint density at radius 1 is 1.53 bits per heavy atom. The molecule has 1 aliphatic heterocycles. The Kier molecular flexibility index (Phi) is 4.91. The first-order chi connectivity index (χ1) is 7.94. The van der Waals surface area contributed by atoms with Gasteiger partial charge in [0.15, 0.2) is 0 Å². The van der Waals surface area contributed by atoms with Gasteiger partial charge in [-0.1, -0.05) is 6.92 Å². The van der Waals surface area contributed by atoms with Crippen LogP contribution in [0, 0.1) is 5.92 Å². The molecule has 2 N–H and O–H groups in total. The monoisotopic (exact) mass is 244 g/mol. The van der Waals surface area contributed by atoms with E-state index in [1.807, 2.05) is 20.8 Å². The summed E-state index contributed by atoms with van der Waals surface area (Å²) >= 11 is 0. The number of carbonyl (C=O) groups is 1. The molecule has 2 atom stereocenters. The van der Waals surface area contributed by atoms with Crippen LogP contribution in [0.4, 0.5) is 0 Å². The minimum Gasteiger partial charge on any atom is -0.394 e. The zero-order valence-electron chi connectivity index (χ0n) is 11.2. The van der Waals surface area contributed by atoms with E-state index in [1.165, 1.54) is 0 Å². The second-order valence-electron chi connectivity index (χ2n) is 5.18. The van der Waals surface area contributed by atoms with Gasteiger partial charge in [0.25, 0.3) is 0 Å². The fourth-order valence-corrected chi connectivity index (χ4v) is 1.91. The molecule has 0 saturated carbocycles. The summed E-state index contributed by atoms with van der Waals surface area (Å²) in [5.41, 5.74) is -0.531. The first-order valence-electron chi connectivity index (χ1n) is 6.13. The number of likely N-dealkylation sites (N-methyl/N-ethyl adjacent to an activating group) is 2. The predicted molar refractivity (Wildman–Crippen MR) is 65.7 cm³/mol. The molecule has 1 amide bonds. The average Bonchev–Trinajstić information content (AvgIpc) is 2.76. The third kappa shape index (κ3) is 3.18. The van der Waals surface area contributed by atoms with Crippen molar-refractivity contribution in [1.82, 2.24) is 10.2 Å². The van der Waals surface area contributed by atoms with Crippen LogP contribution in [0.5, 0.6) is 0 Å². The quantitative estimate of drug-likeness (QED) is 0.705. The molecule has 17 heavy (non-hydrogen) atoms. The van der Waals surface area contributed by atoms with Gasteiger partial charge in [-0.2, -0.15) is 0 Å². The second kappa shape index (κ2) is 5.80. The number of amides is 1. The Bertz CT molecular complexity index is 268. The Morgan fingerprint density at radius 2 is 2.18 bits per heavy atom. The smallest absolute Gasteiger partial charge is 0.229 e. The van der Waals surface area contributed by atoms with E-state index in [0.29, 0.717) is 13.2 Å². The standard InChI is InChI=1S/C12H24N2O3/c1-5-13-10-7-17-6-9(10)11(16)14(4)12(2,3)8-15/h9-10,13,15H,5-8H2,1-4H3. The van der Waals surface area contributed by atoms with Gasteiger partial charge in [0.2, 0.25) is 5.91 Å². The maximum absolute atomic E-state index is 12.3. The van der Waals surface area contributed by atoms with Gasteiger partial charge < -0.3 is 20.1 Å². The highest BCUT2D eigenvalue weighted by Crippen LogP contribution is 2.21. The van der Waals surface area contributed by atoms with Crippen LogP contribution in [0.3, 0.4) is 0 Å². The molecule has 100 valence electrons. The molecule has 0 radical (unpaired) electrons. The van der Waals surface area contributed by atoms with Crippen molar-refractivity contribution in [3.63, 3.8) is 0 Å². The van der Waals surface area contributed by atoms with Crippen LogP contribution in [0.1, 0.15) is 20.8 Å². The summed E-state index contributed by atoms with van der Waals surface area (Å²) in [6, 6.07) is 0.0874. The summed E-state index contributed by atoms with van der Waals surface area (Å²) < 4.78 is 5.37. The van der Waals surface area contributed by atoms with E-state index in [2.05, 4.69) is 5.32 Å². The molecule has 5 heteroatoms. The van der Waals surface area contributed by atoms with E-state index in [-0.39, 0.29) is 24.5 Å². The molecule has 0 aromatic heterocycles. The van der Waals surface area contributed by atoms with Crippen molar-refractivity contribution in [3.8, 4) is 0 Å². The van der Waals surface area contributed by atoms with E-state index in [4.69, 9.17) is 4.74 Å². The van der Waals surface area contributed by atoms with Crippen molar-refractivity contribution < 1.29 is 14.6 Å². The summed E-state index contributed by atoms with van der Waals surface area (Å²) in [5, 5.41) is 12.5. The highest BCUT2D eigenvalue weighted by Gasteiger charge is 2.38. The number of aliphatic hydroxyl groups excluding tert-OH is 1. The lowest BCUT2D eigenvalue weighted by Gasteiger charge is -2.36. The number of rotatable bonds is 5. The van der Waals surface area contributed by atoms with Gasteiger partial charge in [-0.05, 0) is 20.4 Å². The van der Waals surface area contributed by atoms with Gasteiger partial charge in [-0.25, -0.2) is 0 Å². The normalized spacial score (nSPS) is 25.0. The van der Waals surface area contributed by atoms with Crippen LogP contribution in [0.2, 0.25) is 0 Å². The molecular formula is C12H24N2O3. The average molecular weight is 244 g/mol. The number of aliphatic hydroxyl groups is 1. The van der Waals surface area contributed by atoms with E-state index in [0.717, 1.165) is 6.54 Å². The van der Waals surface area contributed by atoms with Crippen molar-refractivity contribution in [1.29, 1.82) is 0 Å². The highest BCUT2D eigenvalue weighted by molar-refractivity contribution is 5.80. The van der Waals surface area contributed by atoms with Crippen LogP contribution in [-0.4, -0.2) is 60.9 Å². The maximum Gasteiger partial charge on any atom is 0.229 e. The molecule has 1 rings (SSSR count). The van der Waals surface area contributed by atoms with Crippen LogP contribution in [0.15, 0.2) is 0 Å². The van der Waals surface area contributed by atoms with E-state index in [9.17, 15) is 9.90 Å². The van der Waals surface area contributed by atoms with Gasteiger partial charge in [0.1, 0.15) is 0 Å². The predicted octanol–water partition coefficient (Wildman–Crippen LogP) is -0.160. The summed E-state index contributed by atoms with van der Waals surface area (Å²) in [7, 11) is 1.74. The summed E-state index contributed by atoms with van der Waals surface area (Å²) in [6.45, 7) is 7.53. The lowest BCUT2D eigenvalue weighted by atomic mass is 9.97. The van der Waals surface area contributed by atoms with Crippen LogP contribution in [-0.2, 0) is 9.53 Å². The van der Waals surface area contributed by atoms with Gasteiger partial charge in [0, 0.05) is 13.1 Å². The van der Waals surface area contributed by atoms with Crippen molar-refractivity contribution in [3.05, 3.63) is 0 Å². The highest BCUT2D eigenvalue weighted by atomic mass is 16.5. The SMILES string of the molecule is CCNC1COCC1C(=O)N(C)C(C)(C)CO. The van der Waals surface area contributed by atoms with Gasteiger partial charge >= 0.3 is 0 Å². The fraction of sp³-hybridized carbons (Fsp3) is 0.917. The van der Waals surface area contributed by atoms with Crippen molar-refractivity contribution in [2.75, 3.05) is 33.4 Å². The molecule has 5 nitrogen and oxygen atoms in total. The Morgan fingerprint density at radius 3 is 2.71 bits per heavy atom. The zero-order chi connectivity index (χ0) is 13.1. The molecule has 0 spiro atoms. The largest absolute Gasteiger partial charge is 0.394 e. The van der Waals surface area contributed by atoms with E-state index in [1.54, 1.807) is 11.9 Å². The van der Waals surface area contributed by atoms with E-state index < -0.39 is 5.54 Å². The summed E-state index contributed by atoms with van der Waals surface area (Å²) in [4.78, 5) is 14.0. The molecule has 1 heterocycles. The minimum atomic E-state index is -0.531. The molecular weight excluding hydrogens is 220 g/mol. The Hall–Kier alpha value is -0.650. The van der Waals surface area contributed by atoms with Gasteiger partial charge in [0.05, 0.1) is 31.3 Å². The lowest BCUT2D eigenvalue weighted by Crippen LogP contribution is -2.53. The van der Waals surface area contributed by atoms with Crippen molar-refractivity contribution in [2.45, 2.75) is 32.4 Å². The fourth-order valence-electron chi connectivity index (χ4n) is 1.91. The number of hydrogen-bond donors (Lipinski definition) is 2. The van der Waals surface area contributed by atoms with Gasteiger partial charge in [-0.15, -0.1) is 0 Å². The molecule has 1 fully saturated rings. The second-order valence-corrected chi connectivity index (χ2v) is 5.18. The third-order valence-electron chi connectivity index (χ3n) is 3.49.